The van der Waals surface area contributed by atoms with Gasteiger partial charge < -0.3 is 9.72 Å². The molecule has 2 rings (SSSR count). The zero-order chi connectivity index (χ0) is 11.9. The summed E-state index contributed by atoms with van der Waals surface area (Å²) >= 11 is 0. The van der Waals surface area contributed by atoms with E-state index < -0.39 is 0 Å². The smallest absolute Gasteiger partial charge is 0.251 e. The van der Waals surface area contributed by atoms with Gasteiger partial charge >= 0.3 is 0 Å². The van der Waals surface area contributed by atoms with E-state index in [4.69, 9.17) is 4.74 Å². The Morgan fingerprint density at radius 1 is 1.29 bits per heavy atom. The first-order chi connectivity index (χ1) is 8.36. The lowest BCUT2D eigenvalue weighted by Gasteiger charge is -2.21. The molecule has 0 saturated heterocycles. The fourth-order valence-corrected chi connectivity index (χ4v) is 2.40. The highest BCUT2D eigenvalue weighted by molar-refractivity contribution is 5.08. The van der Waals surface area contributed by atoms with Crippen LogP contribution in [0.25, 0.3) is 0 Å². The van der Waals surface area contributed by atoms with Crippen molar-refractivity contribution in [2.75, 3.05) is 6.61 Å². The minimum atomic E-state index is 0.0326. The molecule has 0 amide bonds. The summed E-state index contributed by atoms with van der Waals surface area (Å²) in [6.45, 7) is 0.777. The maximum absolute atomic E-state index is 11.4. The molecular weight excluding hydrogens is 214 g/mol. The average molecular weight is 235 g/mol. The van der Waals surface area contributed by atoms with E-state index in [1.807, 2.05) is 12.1 Å². The van der Waals surface area contributed by atoms with Gasteiger partial charge in [0.15, 0.2) is 0 Å². The van der Waals surface area contributed by atoms with E-state index in [9.17, 15) is 4.79 Å². The van der Waals surface area contributed by atoms with E-state index in [1.165, 1.54) is 32.1 Å². The van der Waals surface area contributed by atoms with Crippen molar-refractivity contribution < 1.29 is 4.74 Å². The Morgan fingerprint density at radius 3 is 2.88 bits per heavy atom. The van der Waals surface area contributed by atoms with Crippen molar-refractivity contribution in [1.29, 1.82) is 0 Å². The van der Waals surface area contributed by atoms with Gasteiger partial charge in [0.1, 0.15) is 0 Å². The van der Waals surface area contributed by atoms with Crippen molar-refractivity contribution in [2.24, 2.45) is 0 Å². The van der Waals surface area contributed by atoms with Gasteiger partial charge in [-0.25, -0.2) is 0 Å². The number of hydrogen-bond acceptors (Lipinski definition) is 2. The Bertz CT molecular complexity index is 380. The summed E-state index contributed by atoms with van der Waals surface area (Å²) in [5.74, 6) is 0. The van der Waals surface area contributed by atoms with Crippen LogP contribution in [-0.4, -0.2) is 17.7 Å². The van der Waals surface area contributed by atoms with Crippen molar-refractivity contribution in [3.05, 3.63) is 34.2 Å². The maximum atomic E-state index is 11.4. The number of hydrogen-bond donors (Lipinski definition) is 1. The summed E-state index contributed by atoms with van der Waals surface area (Å²) in [5.41, 5.74) is 0.893. The third-order valence-corrected chi connectivity index (χ3v) is 3.40. The van der Waals surface area contributed by atoms with E-state index in [0.29, 0.717) is 6.10 Å². The largest absolute Gasteiger partial charge is 0.378 e. The van der Waals surface area contributed by atoms with Gasteiger partial charge in [-0.1, -0.05) is 25.3 Å². The van der Waals surface area contributed by atoms with Crippen molar-refractivity contribution >= 4 is 0 Å². The topological polar surface area (TPSA) is 42.1 Å². The molecule has 0 unspecified atom stereocenters. The molecule has 0 aromatic carbocycles. The Hall–Kier alpha value is -1.09. The molecule has 94 valence electrons. The highest BCUT2D eigenvalue weighted by atomic mass is 16.5. The predicted octanol–water partition coefficient (Wildman–Crippen LogP) is 2.66. The van der Waals surface area contributed by atoms with Crippen LogP contribution in [0, 0.1) is 0 Å². The Labute approximate surface area is 102 Å². The summed E-state index contributed by atoms with van der Waals surface area (Å²) in [6.07, 6.45) is 10.3. The van der Waals surface area contributed by atoms with E-state index in [2.05, 4.69) is 4.98 Å². The molecule has 0 spiro atoms. The lowest BCUT2D eigenvalue weighted by molar-refractivity contribution is 0.0273. The highest BCUT2D eigenvalue weighted by Gasteiger charge is 2.13. The van der Waals surface area contributed by atoms with E-state index >= 15 is 0 Å². The number of aromatic amines is 1. The maximum Gasteiger partial charge on any atom is 0.251 e. The molecule has 1 aromatic rings. The third-order valence-electron chi connectivity index (χ3n) is 3.40. The molecule has 3 heteroatoms. The van der Waals surface area contributed by atoms with E-state index in [-0.39, 0.29) is 5.56 Å². The summed E-state index contributed by atoms with van der Waals surface area (Å²) in [5, 5.41) is 0. The molecule has 17 heavy (non-hydrogen) atoms. The fraction of sp³-hybridized carbons (Fsp3) is 0.643. The summed E-state index contributed by atoms with van der Waals surface area (Å²) in [4.78, 5) is 14.1. The Kier molecular flexibility index (Phi) is 4.80. The van der Waals surface area contributed by atoms with Crippen LogP contribution in [0.1, 0.15) is 44.1 Å². The molecule has 1 N–H and O–H groups in total. The van der Waals surface area contributed by atoms with Crippen LogP contribution >= 0.6 is 0 Å². The molecule has 3 nitrogen and oxygen atoms in total. The number of aromatic nitrogens is 1. The molecule has 0 bridgehead atoms. The van der Waals surface area contributed by atoms with Crippen molar-refractivity contribution in [3.63, 3.8) is 0 Å². The number of aryl methyl sites for hydroxylation is 1. The van der Waals surface area contributed by atoms with Crippen LogP contribution in [0.5, 0.6) is 0 Å². The first kappa shape index (κ1) is 12.4. The lowest BCUT2D eigenvalue weighted by atomic mass is 9.98. The Morgan fingerprint density at radius 2 is 2.12 bits per heavy atom. The second-order valence-electron chi connectivity index (χ2n) is 4.76. The minimum absolute atomic E-state index is 0.0326. The minimum Gasteiger partial charge on any atom is -0.378 e. The summed E-state index contributed by atoms with van der Waals surface area (Å²) in [6, 6.07) is 3.76. The SMILES string of the molecule is O=c1[nH]cccc1CCCOC1CCCCC1. The number of rotatable bonds is 5. The Balaban J connectivity index is 1.66. The second-order valence-corrected chi connectivity index (χ2v) is 4.76. The van der Waals surface area contributed by atoms with E-state index in [1.54, 1.807) is 6.20 Å². The number of ether oxygens (including phenoxy) is 1. The number of nitrogens with one attached hydrogen (secondary N) is 1. The molecule has 1 aliphatic rings. The van der Waals surface area contributed by atoms with Gasteiger partial charge in [-0.3, -0.25) is 4.79 Å². The van der Waals surface area contributed by atoms with E-state index in [0.717, 1.165) is 25.0 Å². The van der Waals surface area contributed by atoms with Crippen molar-refractivity contribution in [1.82, 2.24) is 4.98 Å². The average Bonchev–Trinajstić information content (AvgIpc) is 2.38. The van der Waals surface area contributed by atoms with Gasteiger partial charge in [0, 0.05) is 18.4 Å². The molecular formula is C14H21NO2. The second kappa shape index (κ2) is 6.60. The molecule has 0 atom stereocenters. The quantitative estimate of drug-likeness (QED) is 0.797. The first-order valence-electron chi connectivity index (χ1n) is 6.64. The standard InChI is InChI=1S/C14H21NO2/c16-14-12(6-4-10-15-14)7-5-11-17-13-8-2-1-3-9-13/h4,6,10,13H,1-3,5,7-9,11H2,(H,15,16). The zero-order valence-corrected chi connectivity index (χ0v) is 10.3. The number of H-pyrrole nitrogens is 1. The fourth-order valence-electron chi connectivity index (χ4n) is 2.40. The summed E-state index contributed by atoms with van der Waals surface area (Å²) in [7, 11) is 0. The monoisotopic (exact) mass is 235 g/mol. The van der Waals surface area contributed by atoms with Crippen LogP contribution in [-0.2, 0) is 11.2 Å². The molecule has 1 saturated carbocycles. The predicted molar refractivity (Wildman–Crippen MR) is 68.2 cm³/mol. The lowest BCUT2D eigenvalue weighted by Crippen LogP contribution is -2.18. The molecule has 1 heterocycles. The van der Waals surface area contributed by atoms with Gasteiger partial charge in [-0.15, -0.1) is 0 Å². The zero-order valence-electron chi connectivity index (χ0n) is 10.3. The normalized spacial score (nSPS) is 17.2. The highest BCUT2D eigenvalue weighted by Crippen LogP contribution is 2.20. The van der Waals surface area contributed by atoms with Gasteiger partial charge in [0.25, 0.3) is 5.56 Å². The van der Waals surface area contributed by atoms with Gasteiger partial charge in [-0.2, -0.15) is 0 Å². The van der Waals surface area contributed by atoms with Crippen LogP contribution in [0.2, 0.25) is 0 Å². The summed E-state index contributed by atoms with van der Waals surface area (Å²) < 4.78 is 5.83. The van der Waals surface area contributed by atoms with Crippen LogP contribution in [0.4, 0.5) is 0 Å². The van der Waals surface area contributed by atoms with Crippen molar-refractivity contribution in [2.45, 2.75) is 51.0 Å². The van der Waals surface area contributed by atoms with Gasteiger partial charge in [-0.05, 0) is 31.7 Å². The molecule has 1 aromatic heterocycles. The first-order valence-corrected chi connectivity index (χ1v) is 6.64. The van der Waals surface area contributed by atoms with Crippen LogP contribution < -0.4 is 5.56 Å². The van der Waals surface area contributed by atoms with Crippen LogP contribution in [0.15, 0.2) is 23.1 Å². The van der Waals surface area contributed by atoms with Crippen molar-refractivity contribution in [3.8, 4) is 0 Å². The molecule has 1 fully saturated rings. The third kappa shape index (κ3) is 4.00. The molecule has 1 aliphatic carbocycles. The molecule has 0 aliphatic heterocycles. The van der Waals surface area contributed by atoms with Gasteiger partial charge in [0.2, 0.25) is 0 Å². The van der Waals surface area contributed by atoms with Crippen LogP contribution in [0.3, 0.4) is 0 Å². The number of pyridine rings is 1. The van der Waals surface area contributed by atoms with Gasteiger partial charge in [0.05, 0.1) is 6.10 Å². The molecule has 0 radical (unpaired) electrons.